The number of rotatable bonds is 2. The Bertz CT molecular complexity index is 1080. The fourth-order valence-electron chi connectivity index (χ4n) is 4.86. The second kappa shape index (κ2) is 7.38. The van der Waals surface area contributed by atoms with Crippen LogP contribution in [0.15, 0.2) is 97.1 Å². The summed E-state index contributed by atoms with van der Waals surface area (Å²) in [5.41, 5.74) is 7.41. The summed E-state index contributed by atoms with van der Waals surface area (Å²) in [6.45, 7) is 0. The van der Waals surface area contributed by atoms with Crippen molar-refractivity contribution >= 4 is 0 Å². The number of benzene rings is 4. The largest absolute Gasteiger partial charge is 0.508 e. The van der Waals surface area contributed by atoms with Crippen molar-refractivity contribution in [2.75, 3.05) is 0 Å². The van der Waals surface area contributed by atoms with E-state index in [1.807, 2.05) is 24.3 Å². The molecule has 0 saturated carbocycles. The monoisotopic (exact) mass is 392 g/mol. The zero-order chi connectivity index (χ0) is 20.6. The normalized spacial score (nSPS) is 14.8. The predicted octanol–water partition coefficient (Wildman–Crippen LogP) is 5.77. The van der Waals surface area contributed by atoms with Gasteiger partial charge in [0.25, 0.3) is 0 Å². The van der Waals surface area contributed by atoms with Gasteiger partial charge in [-0.05, 0) is 76.9 Å². The van der Waals surface area contributed by atoms with Gasteiger partial charge in [0.1, 0.15) is 11.5 Å². The summed E-state index contributed by atoms with van der Waals surface area (Å²) in [7, 11) is 0. The fourth-order valence-corrected chi connectivity index (χ4v) is 4.86. The van der Waals surface area contributed by atoms with Crippen LogP contribution >= 0.6 is 0 Å². The topological polar surface area (TPSA) is 40.5 Å². The van der Waals surface area contributed by atoms with Gasteiger partial charge in [-0.25, -0.2) is 0 Å². The van der Waals surface area contributed by atoms with Gasteiger partial charge in [0, 0.05) is 5.41 Å². The number of phenolic OH excluding ortho intramolecular Hbond substituents is 2. The predicted molar refractivity (Wildman–Crippen MR) is 120 cm³/mol. The molecule has 0 spiro atoms. The third kappa shape index (κ3) is 3.25. The van der Waals surface area contributed by atoms with Crippen molar-refractivity contribution in [3.63, 3.8) is 0 Å². The lowest BCUT2D eigenvalue weighted by atomic mass is 9.65. The summed E-state index contributed by atoms with van der Waals surface area (Å²) in [5.74, 6) is 0.539. The molecule has 0 saturated heterocycles. The molecule has 0 bridgehead atoms. The van der Waals surface area contributed by atoms with Crippen LogP contribution in [0.4, 0.5) is 0 Å². The fraction of sp³-hybridized carbons (Fsp3) is 0.143. The molecule has 0 unspecified atom stereocenters. The molecule has 0 aromatic heterocycles. The average Bonchev–Trinajstić information content (AvgIpc) is 2.75. The molecule has 4 aromatic carbocycles. The zero-order valence-corrected chi connectivity index (χ0v) is 16.8. The standard InChI is InChI=1S/C28H24O2/c29-26-13-9-24(10-14-26)28(25-11-15-27(30)16-12-25)18-22-7-3-1-5-20(22)17-21-6-2-4-8-23(21)19-28/h1-16,29-30H,17-19H2. The van der Waals surface area contributed by atoms with Gasteiger partial charge >= 0.3 is 0 Å². The van der Waals surface area contributed by atoms with Crippen LogP contribution in [0.1, 0.15) is 33.4 Å². The number of fused-ring (bicyclic) bond motifs is 2. The smallest absolute Gasteiger partial charge is 0.115 e. The molecule has 0 amide bonds. The summed E-state index contributed by atoms with van der Waals surface area (Å²) in [6, 6.07) is 32.6. The average molecular weight is 392 g/mol. The minimum atomic E-state index is -0.311. The van der Waals surface area contributed by atoms with E-state index in [-0.39, 0.29) is 16.9 Å². The Morgan fingerprint density at radius 3 is 1.23 bits per heavy atom. The molecule has 4 aromatic rings. The van der Waals surface area contributed by atoms with E-state index in [9.17, 15) is 10.2 Å². The molecule has 1 aliphatic rings. The molecule has 0 heterocycles. The van der Waals surface area contributed by atoms with E-state index in [1.54, 1.807) is 24.3 Å². The molecule has 2 heteroatoms. The summed E-state index contributed by atoms with van der Waals surface area (Å²) < 4.78 is 0. The molecular formula is C28H24O2. The quantitative estimate of drug-likeness (QED) is 0.454. The maximum Gasteiger partial charge on any atom is 0.115 e. The number of phenols is 2. The summed E-state index contributed by atoms with van der Waals surface area (Å²) in [6.07, 6.45) is 2.65. The van der Waals surface area contributed by atoms with Crippen LogP contribution in [0.25, 0.3) is 0 Å². The van der Waals surface area contributed by atoms with Crippen LogP contribution in [0.5, 0.6) is 11.5 Å². The highest BCUT2D eigenvalue weighted by Crippen LogP contribution is 2.43. The van der Waals surface area contributed by atoms with E-state index in [2.05, 4.69) is 48.5 Å². The van der Waals surface area contributed by atoms with Crippen molar-refractivity contribution in [1.29, 1.82) is 0 Å². The van der Waals surface area contributed by atoms with Gasteiger partial charge in [0.15, 0.2) is 0 Å². The molecule has 148 valence electrons. The van der Waals surface area contributed by atoms with Gasteiger partial charge in [0.05, 0.1) is 0 Å². The highest BCUT2D eigenvalue weighted by Gasteiger charge is 2.37. The van der Waals surface area contributed by atoms with Crippen LogP contribution in [-0.2, 0) is 24.7 Å². The lowest BCUT2D eigenvalue weighted by Crippen LogP contribution is -2.35. The first kappa shape index (κ1) is 18.5. The van der Waals surface area contributed by atoms with Crippen LogP contribution in [0.3, 0.4) is 0 Å². The Hall–Kier alpha value is -3.52. The maximum atomic E-state index is 9.93. The molecular weight excluding hydrogens is 368 g/mol. The van der Waals surface area contributed by atoms with Crippen molar-refractivity contribution in [3.05, 3.63) is 130 Å². The van der Waals surface area contributed by atoms with Crippen molar-refractivity contribution in [2.45, 2.75) is 24.7 Å². The Labute approximate surface area is 177 Å². The molecule has 2 nitrogen and oxygen atoms in total. The minimum absolute atomic E-state index is 0.270. The lowest BCUT2D eigenvalue weighted by molar-refractivity contribution is 0.467. The van der Waals surface area contributed by atoms with E-state index in [0.717, 1.165) is 30.4 Å². The maximum absolute atomic E-state index is 9.93. The highest BCUT2D eigenvalue weighted by atomic mass is 16.3. The highest BCUT2D eigenvalue weighted by molar-refractivity contribution is 5.50. The molecule has 30 heavy (non-hydrogen) atoms. The van der Waals surface area contributed by atoms with Crippen LogP contribution < -0.4 is 0 Å². The van der Waals surface area contributed by atoms with Crippen molar-refractivity contribution in [1.82, 2.24) is 0 Å². The Morgan fingerprint density at radius 1 is 0.467 bits per heavy atom. The van der Waals surface area contributed by atoms with Gasteiger partial charge in [-0.15, -0.1) is 0 Å². The van der Waals surface area contributed by atoms with Gasteiger partial charge in [-0.2, -0.15) is 0 Å². The summed E-state index contributed by atoms with van der Waals surface area (Å²) in [4.78, 5) is 0. The van der Waals surface area contributed by atoms with E-state index in [1.165, 1.54) is 22.3 Å². The summed E-state index contributed by atoms with van der Waals surface area (Å²) >= 11 is 0. The first-order valence-corrected chi connectivity index (χ1v) is 10.4. The molecule has 0 atom stereocenters. The molecule has 0 radical (unpaired) electrons. The lowest BCUT2D eigenvalue weighted by Gasteiger charge is -2.38. The zero-order valence-electron chi connectivity index (χ0n) is 16.8. The second-order valence-corrected chi connectivity index (χ2v) is 8.24. The van der Waals surface area contributed by atoms with Crippen molar-refractivity contribution in [3.8, 4) is 11.5 Å². The third-order valence-electron chi connectivity index (χ3n) is 6.44. The van der Waals surface area contributed by atoms with E-state index < -0.39 is 0 Å². The molecule has 0 aliphatic heterocycles. The van der Waals surface area contributed by atoms with Crippen LogP contribution in [0.2, 0.25) is 0 Å². The Kier molecular flexibility index (Phi) is 4.55. The van der Waals surface area contributed by atoms with E-state index >= 15 is 0 Å². The molecule has 1 aliphatic carbocycles. The van der Waals surface area contributed by atoms with Gasteiger partial charge in [0.2, 0.25) is 0 Å². The van der Waals surface area contributed by atoms with Crippen LogP contribution in [0, 0.1) is 0 Å². The second-order valence-electron chi connectivity index (χ2n) is 8.24. The first-order valence-electron chi connectivity index (χ1n) is 10.4. The van der Waals surface area contributed by atoms with E-state index in [0.29, 0.717) is 0 Å². The third-order valence-corrected chi connectivity index (χ3v) is 6.44. The van der Waals surface area contributed by atoms with Gasteiger partial charge in [-0.3, -0.25) is 0 Å². The number of hydrogen-bond donors (Lipinski definition) is 2. The van der Waals surface area contributed by atoms with E-state index in [4.69, 9.17) is 0 Å². The van der Waals surface area contributed by atoms with Gasteiger partial charge < -0.3 is 10.2 Å². The van der Waals surface area contributed by atoms with Gasteiger partial charge in [-0.1, -0.05) is 72.8 Å². The SMILES string of the molecule is Oc1ccc(C2(c3ccc(O)cc3)Cc3ccccc3Cc3ccccc3C2)cc1. The van der Waals surface area contributed by atoms with Crippen molar-refractivity contribution < 1.29 is 10.2 Å². The first-order chi connectivity index (χ1) is 14.6. The molecule has 2 N–H and O–H groups in total. The number of hydrogen-bond acceptors (Lipinski definition) is 2. The Balaban J connectivity index is 1.80. The Morgan fingerprint density at radius 2 is 0.833 bits per heavy atom. The molecule has 5 rings (SSSR count). The summed E-state index contributed by atoms with van der Waals surface area (Å²) in [5, 5.41) is 19.9. The minimum Gasteiger partial charge on any atom is -0.508 e. The molecule has 0 fully saturated rings. The van der Waals surface area contributed by atoms with Crippen LogP contribution in [-0.4, -0.2) is 10.2 Å². The van der Waals surface area contributed by atoms with Crippen molar-refractivity contribution in [2.24, 2.45) is 0 Å². The number of aromatic hydroxyl groups is 2.